The Morgan fingerprint density at radius 3 is 2.73 bits per heavy atom. The largest absolute Gasteiger partial charge is 0.343 e. The number of aromatic nitrogens is 2. The quantitative estimate of drug-likeness (QED) is 0.802. The minimum absolute atomic E-state index is 0.158. The Bertz CT molecular complexity index is 787. The lowest BCUT2D eigenvalue weighted by Gasteiger charge is -2.02. The molecule has 0 spiro atoms. The van der Waals surface area contributed by atoms with E-state index in [-0.39, 0.29) is 12.5 Å². The molecule has 1 amide bonds. The molecule has 0 atom stereocenters. The molecule has 3 rings (SSSR count). The summed E-state index contributed by atoms with van der Waals surface area (Å²) in [6.07, 6.45) is 0. The molecule has 0 fully saturated rings. The zero-order chi connectivity index (χ0) is 15.4. The molecule has 0 aliphatic heterocycles. The van der Waals surface area contributed by atoms with Crippen molar-refractivity contribution in [2.75, 3.05) is 0 Å². The molecule has 0 radical (unpaired) electrons. The Hall–Kier alpha value is -2.66. The molecule has 0 saturated heterocycles. The summed E-state index contributed by atoms with van der Waals surface area (Å²) >= 11 is 5.86. The predicted octanol–water partition coefficient (Wildman–Crippen LogP) is 3.32. The third kappa shape index (κ3) is 3.32. The number of hydrogen-bond donors (Lipinski definition) is 1. The molecule has 0 bridgehead atoms. The number of rotatable bonds is 4. The standard InChI is InChI=1S/C16H12ClN3O2/c17-13-8-4-7-12(9-13)16(21)18-10-14-19-15(20-22-14)11-5-2-1-3-6-11/h1-9H,10H2,(H,18,21). The van der Waals surface area contributed by atoms with Gasteiger partial charge in [-0.05, 0) is 18.2 Å². The van der Waals surface area contributed by atoms with E-state index in [4.69, 9.17) is 16.1 Å². The molecule has 0 aliphatic carbocycles. The highest BCUT2D eigenvalue weighted by Gasteiger charge is 2.10. The predicted molar refractivity (Wildman–Crippen MR) is 82.4 cm³/mol. The van der Waals surface area contributed by atoms with Gasteiger partial charge in [0.05, 0.1) is 6.54 Å². The number of hydrogen-bond acceptors (Lipinski definition) is 4. The summed E-state index contributed by atoms with van der Waals surface area (Å²) in [7, 11) is 0. The monoisotopic (exact) mass is 313 g/mol. The van der Waals surface area contributed by atoms with Gasteiger partial charge in [0.2, 0.25) is 11.7 Å². The fraction of sp³-hybridized carbons (Fsp3) is 0.0625. The second-order valence-corrected chi connectivity index (χ2v) is 5.01. The van der Waals surface area contributed by atoms with Crippen LogP contribution >= 0.6 is 11.6 Å². The Labute approximate surface area is 131 Å². The molecule has 22 heavy (non-hydrogen) atoms. The maximum atomic E-state index is 12.0. The van der Waals surface area contributed by atoms with Crippen molar-refractivity contribution in [3.05, 3.63) is 71.1 Å². The smallest absolute Gasteiger partial charge is 0.251 e. The fourth-order valence-electron chi connectivity index (χ4n) is 1.92. The van der Waals surface area contributed by atoms with E-state index in [1.165, 1.54) is 0 Å². The van der Waals surface area contributed by atoms with E-state index >= 15 is 0 Å². The van der Waals surface area contributed by atoms with Crippen molar-refractivity contribution in [2.24, 2.45) is 0 Å². The van der Waals surface area contributed by atoms with Gasteiger partial charge in [0.1, 0.15) is 0 Å². The summed E-state index contributed by atoms with van der Waals surface area (Å²) in [4.78, 5) is 16.2. The second kappa shape index (κ2) is 6.41. The van der Waals surface area contributed by atoms with Gasteiger partial charge >= 0.3 is 0 Å². The minimum Gasteiger partial charge on any atom is -0.343 e. The fourth-order valence-corrected chi connectivity index (χ4v) is 2.11. The van der Waals surface area contributed by atoms with Gasteiger partial charge in [0.25, 0.3) is 5.91 Å². The summed E-state index contributed by atoms with van der Waals surface area (Å²) in [6.45, 7) is 0.158. The van der Waals surface area contributed by atoms with Crippen LogP contribution in [0.3, 0.4) is 0 Å². The third-order valence-electron chi connectivity index (χ3n) is 2.99. The van der Waals surface area contributed by atoms with Crippen LogP contribution in [0.15, 0.2) is 59.1 Å². The van der Waals surface area contributed by atoms with E-state index in [0.717, 1.165) is 5.56 Å². The van der Waals surface area contributed by atoms with Crippen LogP contribution in [0.2, 0.25) is 5.02 Å². The molecule has 110 valence electrons. The summed E-state index contributed by atoms with van der Waals surface area (Å²) < 4.78 is 5.13. The Kier molecular flexibility index (Phi) is 4.16. The molecular formula is C16H12ClN3O2. The van der Waals surface area contributed by atoms with Crippen LogP contribution in [-0.2, 0) is 6.54 Å². The van der Waals surface area contributed by atoms with E-state index in [0.29, 0.717) is 22.3 Å². The summed E-state index contributed by atoms with van der Waals surface area (Å²) in [5, 5.41) is 7.12. The minimum atomic E-state index is -0.248. The van der Waals surface area contributed by atoms with Crippen LogP contribution in [0.25, 0.3) is 11.4 Å². The number of halogens is 1. The number of carbonyl (C=O) groups excluding carboxylic acids is 1. The molecule has 6 heteroatoms. The first kappa shape index (κ1) is 14.3. The van der Waals surface area contributed by atoms with E-state index < -0.39 is 0 Å². The van der Waals surface area contributed by atoms with Gasteiger partial charge in [-0.25, -0.2) is 0 Å². The molecule has 1 heterocycles. The van der Waals surface area contributed by atoms with Crippen molar-refractivity contribution in [2.45, 2.75) is 6.54 Å². The number of amides is 1. The lowest BCUT2D eigenvalue weighted by molar-refractivity contribution is 0.0946. The molecule has 0 unspecified atom stereocenters. The lowest BCUT2D eigenvalue weighted by Crippen LogP contribution is -2.22. The number of nitrogens with one attached hydrogen (secondary N) is 1. The zero-order valence-corrected chi connectivity index (χ0v) is 12.2. The Balaban J connectivity index is 1.65. The first-order valence-electron chi connectivity index (χ1n) is 6.64. The van der Waals surface area contributed by atoms with Crippen molar-refractivity contribution in [3.8, 4) is 11.4 Å². The summed E-state index contributed by atoms with van der Waals surface area (Å²) in [6, 6.07) is 16.2. The van der Waals surface area contributed by atoms with Gasteiger partial charge in [0.15, 0.2) is 0 Å². The van der Waals surface area contributed by atoms with Gasteiger partial charge in [-0.15, -0.1) is 0 Å². The average molecular weight is 314 g/mol. The van der Waals surface area contributed by atoms with Crippen LogP contribution in [0, 0.1) is 0 Å². The molecule has 5 nitrogen and oxygen atoms in total. The van der Waals surface area contributed by atoms with E-state index in [9.17, 15) is 4.79 Å². The Morgan fingerprint density at radius 1 is 1.14 bits per heavy atom. The van der Waals surface area contributed by atoms with Gasteiger partial charge in [-0.1, -0.05) is 53.2 Å². The van der Waals surface area contributed by atoms with Gasteiger partial charge in [-0.2, -0.15) is 4.98 Å². The normalized spacial score (nSPS) is 10.4. The van der Waals surface area contributed by atoms with Crippen molar-refractivity contribution in [3.63, 3.8) is 0 Å². The van der Waals surface area contributed by atoms with Crippen LogP contribution in [0.5, 0.6) is 0 Å². The molecule has 2 aromatic carbocycles. The highest BCUT2D eigenvalue weighted by molar-refractivity contribution is 6.30. The van der Waals surface area contributed by atoms with Crippen molar-refractivity contribution in [1.82, 2.24) is 15.5 Å². The van der Waals surface area contributed by atoms with Crippen molar-refractivity contribution >= 4 is 17.5 Å². The van der Waals surface area contributed by atoms with E-state index in [1.54, 1.807) is 24.3 Å². The highest BCUT2D eigenvalue weighted by atomic mass is 35.5. The molecule has 0 saturated carbocycles. The van der Waals surface area contributed by atoms with Crippen LogP contribution in [-0.4, -0.2) is 16.0 Å². The van der Waals surface area contributed by atoms with Crippen LogP contribution in [0.1, 0.15) is 16.2 Å². The molecule has 1 N–H and O–H groups in total. The molecule has 1 aromatic heterocycles. The average Bonchev–Trinajstić information content (AvgIpc) is 3.02. The molecular weight excluding hydrogens is 302 g/mol. The van der Waals surface area contributed by atoms with Crippen molar-refractivity contribution < 1.29 is 9.32 Å². The summed E-state index contributed by atoms with van der Waals surface area (Å²) in [5.41, 5.74) is 1.34. The first-order valence-corrected chi connectivity index (χ1v) is 7.02. The van der Waals surface area contributed by atoms with Crippen LogP contribution in [0.4, 0.5) is 0 Å². The maximum Gasteiger partial charge on any atom is 0.251 e. The summed E-state index contributed by atoms with van der Waals surface area (Å²) in [5.74, 6) is 0.587. The van der Waals surface area contributed by atoms with Gasteiger partial charge in [-0.3, -0.25) is 4.79 Å². The van der Waals surface area contributed by atoms with Gasteiger partial charge in [0, 0.05) is 16.1 Å². The van der Waals surface area contributed by atoms with E-state index in [1.807, 2.05) is 30.3 Å². The molecule has 0 aliphatic rings. The maximum absolute atomic E-state index is 12.0. The first-order chi connectivity index (χ1) is 10.7. The lowest BCUT2D eigenvalue weighted by atomic mass is 10.2. The second-order valence-electron chi connectivity index (χ2n) is 4.57. The van der Waals surface area contributed by atoms with Crippen molar-refractivity contribution in [1.29, 1.82) is 0 Å². The Morgan fingerprint density at radius 2 is 1.95 bits per heavy atom. The number of benzene rings is 2. The number of nitrogens with zero attached hydrogens (tertiary/aromatic N) is 2. The number of carbonyl (C=O) groups is 1. The van der Waals surface area contributed by atoms with Gasteiger partial charge < -0.3 is 9.84 Å². The SMILES string of the molecule is O=C(NCc1nc(-c2ccccc2)no1)c1cccc(Cl)c1. The zero-order valence-electron chi connectivity index (χ0n) is 11.5. The molecule has 3 aromatic rings. The third-order valence-corrected chi connectivity index (χ3v) is 3.22. The van der Waals surface area contributed by atoms with Crippen LogP contribution < -0.4 is 5.32 Å². The van der Waals surface area contributed by atoms with E-state index in [2.05, 4.69) is 15.5 Å². The highest BCUT2D eigenvalue weighted by Crippen LogP contribution is 2.15. The topological polar surface area (TPSA) is 68.0 Å².